The summed E-state index contributed by atoms with van der Waals surface area (Å²) < 4.78 is 68.3. The van der Waals surface area contributed by atoms with Gasteiger partial charge < -0.3 is 10.1 Å². The lowest BCUT2D eigenvalue weighted by atomic mass is 10.2. The van der Waals surface area contributed by atoms with Gasteiger partial charge in [0, 0.05) is 18.2 Å². The molecule has 11 heteroatoms. The number of rotatable bonds is 5. The first-order valence-electron chi connectivity index (χ1n) is 7.54. The van der Waals surface area contributed by atoms with Crippen molar-refractivity contribution >= 4 is 35.2 Å². The topological polar surface area (TPSA) is 67.8 Å². The number of hydrogen-bond acceptors (Lipinski definition) is 4. The molecule has 0 spiro atoms. The van der Waals surface area contributed by atoms with Crippen molar-refractivity contribution in [2.45, 2.75) is 38.3 Å². The zero-order valence-electron chi connectivity index (χ0n) is 14.6. The van der Waals surface area contributed by atoms with Crippen LogP contribution in [-0.2, 0) is 9.53 Å². The molecule has 0 unspecified atom stereocenters. The molecule has 27 heavy (non-hydrogen) atoms. The van der Waals surface area contributed by atoms with Crippen LogP contribution in [0.2, 0.25) is 0 Å². The molecule has 0 fully saturated rings. The number of carbonyl (C=O) groups excluding carboxylic acids is 2. The Kier molecular flexibility index (Phi) is 7.76. The summed E-state index contributed by atoms with van der Waals surface area (Å²) in [6.07, 6.45) is -1.71. The predicted octanol–water partition coefficient (Wildman–Crippen LogP) is 4.92. The van der Waals surface area contributed by atoms with E-state index in [2.05, 4.69) is 4.99 Å². The summed E-state index contributed by atoms with van der Waals surface area (Å²) in [5.74, 6) is -3.67. The average molecular weight is 412 g/mol. The smallest absolute Gasteiger partial charge is 0.441 e. The highest BCUT2D eigenvalue weighted by molar-refractivity contribution is 8.00. The Morgan fingerprint density at radius 1 is 1.19 bits per heavy atom. The minimum atomic E-state index is -4.53. The first-order valence-corrected chi connectivity index (χ1v) is 8.53. The zero-order valence-corrected chi connectivity index (χ0v) is 15.4. The van der Waals surface area contributed by atoms with Crippen molar-refractivity contribution in [2.24, 2.45) is 4.99 Å². The van der Waals surface area contributed by atoms with E-state index in [1.807, 2.05) is 5.32 Å². The summed E-state index contributed by atoms with van der Waals surface area (Å²) in [6.45, 7) is 4.61. The van der Waals surface area contributed by atoms with Gasteiger partial charge in [-0.15, -0.1) is 0 Å². The van der Waals surface area contributed by atoms with Crippen LogP contribution in [0.5, 0.6) is 0 Å². The molecule has 0 atom stereocenters. The molecule has 0 saturated carbocycles. The molecule has 1 aromatic rings. The molecule has 0 bridgehead atoms. The molecule has 0 aliphatic rings. The summed E-state index contributed by atoms with van der Waals surface area (Å²) >= 11 is -0.406. The SMILES string of the molecule is CC(C)(C)OC(=O)N=C(CCSC(F)(F)F)C(=O)Nc1ccc(F)cc1F. The number of aliphatic imine (C=N–C) groups is 1. The normalized spacial score (nSPS) is 12.7. The van der Waals surface area contributed by atoms with Crippen molar-refractivity contribution in [3.05, 3.63) is 29.8 Å². The van der Waals surface area contributed by atoms with Gasteiger partial charge in [-0.25, -0.2) is 13.6 Å². The first-order chi connectivity index (χ1) is 12.3. The van der Waals surface area contributed by atoms with E-state index in [-0.39, 0.29) is 0 Å². The number of nitrogens with zero attached hydrogens (tertiary/aromatic N) is 1. The van der Waals surface area contributed by atoms with E-state index < -0.39 is 70.1 Å². The highest BCUT2D eigenvalue weighted by Gasteiger charge is 2.29. The minimum absolute atomic E-state index is 0.406. The second kappa shape index (κ2) is 9.16. The molecule has 0 aromatic heterocycles. The van der Waals surface area contributed by atoms with Crippen LogP contribution in [0, 0.1) is 11.6 Å². The molecule has 0 radical (unpaired) electrons. The number of amides is 2. The lowest BCUT2D eigenvalue weighted by Crippen LogP contribution is -2.28. The van der Waals surface area contributed by atoms with E-state index in [9.17, 15) is 31.5 Å². The van der Waals surface area contributed by atoms with E-state index in [4.69, 9.17) is 4.74 Å². The third-order valence-corrected chi connectivity index (χ3v) is 3.40. The number of alkyl halides is 3. The van der Waals surface area contributed by atoms with Crippen LogP contribution in [0.3, 0.4) is 0 Å². The molecule has 150 valence electrons. The largest absolute Gasteiger partial charge is 0.442 e. The standard InChI is InChI=1S/C16H17F5N2O3S/c1-15(2,3)26-14(25)23-12(6-7-27-16(19,20)21)13(24)22-11-5-4-9(17)8-10(11)18/h4-5,8H,6-7H2,1-3H3,(H,22,24). The van der Waals surface area contributed by atoms with Crippen LogP contribution in [0.4, 0.5) is 32.4 Å². The lowest BCUT2D eigenvalue weighted by molar-refractivity contribution is -0.110. The van der Waals surface area contributed by atoms with Crippen LogP contribution >= 0.6 is 11.8 Å². The summed E-state index contributed by atoms with van der Waals surface area (Å²) in [6, 6.07) is 2.32. The Morgan fingerprint density at radius 3 is 2.33 bits per heavy atom. The number of thioether (sulfide) groups is 1. The summed E-state index contributed by atoms with van der Waals surface area (Å²) in [5, 5.41) is 2.04. The Hall–Kier alpha value is -2.17. The predicted molar refractivity (Wildman–Crippen MR) is 91.8 cm³/mol. The molecule has 0 aliphatic carbocycles. The highest BCUT2D eigenvalue weighted by atomic mass is 32.2. The van der Waals surface area contributed by atoms with Crippen LogP contribution in [0.15, 0.2) is 23.2 Å². The van der Waals surface area contributed by atoms with Gasteiger partial charge in [0.05, 0.1) is 5.69 Å². The van der Waals surface area contributed by atoms with Crippen molar-refractivity contribution in [1.29, 1.82) is 0 Å². The van der Waals surface area contributed by atoms with E-state index in [1.165, 1.54) is 20.8 Å². The number of anilines is 1. The maximum atomic E-state index is 13.6. The Bertz CT molecular complexity index is 730. The molecule has 0 aliphatic heterocycles. The number of hydrogen-bond donors (Lipinski definition) is 1. The number of carbonyl (C=O) groups is 2. The van der Waals surface area contributed by atoms with Gasteiger partial charge in [0.1, 0.15) is 22.9 Å². The second-order valence-corrected chi connectivity index (χ2v) is 7.32. The highest BCUT2D eigenvalue weighted by Crippen LogP contribution is 2.30. The quantitative estimate of drug-likeness (QED) is 0.551. The number of ether oxygens (including phenoxy) is 1. The molecule has 1 aromatic carbocycles. The van der Waals surface area contributed by atoms with E-state index >= 15 is 0 Å². The van der Waals surface area contributed by atoms with Gasteiger partial charge in [-0.2, -0.15) is 18.2 Å². The van der Waals surface area contributed by atoms with Gasteiger partial charge >= 0.3 is 11.6 Å². The van der Waals surface area contributed by atoms with Gasteiger partial charge in [0.2, 0.25) is 0 Å². The van der Waals surface area contributed by atoms with Crippen LogP contribution in [-0.4, -0.2) is 34.6 Å². The average Bonchev–Trinajstić information content (AvgIpc) is 2.45. The zero-order chi connectivity index (χ0) is 20.8. The van der Waals surface area contributed by atoms with Crippen LogP contribution in [0.25, 0.3) is 0 Å². The van der Waals surface area contributed by atoms with Gasteiger partial charge in [-0.1, -0.05) is 11.8 Å². The minimum Gasteiger partial charge on any atom is -0.442 e. The molecule has 2 amide bonds. The van der Waals surface area contributed by atoms with Crippen molar-refractivity contribution in [2.75, 3.05) is 11.1 Å². The van der Waals surface area contributed by atoms with Gasteiger partial charge in [0.25, 0.3) is 5.91 Å². The molecule has 0 saturated heterocycles. The van der Waals surface area contributed by atoms with Crippen molar-refractivity contribution in [3.63, 3.8) is 0 Å². The fraction of sp³-hybridized carbons (Fsp3) is 0.438. The fourth-order valence-electron chi connectivity index (χ4n) is 1.66. The van der Waals surface area contributed by atoms with Crippen molar-refractivity contribution < 1.29 is 36.3 Å². The molecular formula is C16H17F5N2O3S. The molecule has 1 N–H and O–H groups in total. The van der Waals surface area contributed by atoms with E-state index in [0.717, 1.165) is 12.1 Å². The third-order valence-electron chi connectivity index (χ3n) is 2.67. The van der Waals surface area contributed by atoms with Crippen molar-refractivity contribution in [1.82, 2.24) is 0 Å². The van der Waals surface area contributed by atoms with Crippen molar-refractivity contribution in [3.8, 4) is 0 Å². The Labute approximate surface area is 156 Å². The molecule has 5 nitrogen and oxygen atoms in total. The summed E-state index contributed by atoms with van der Waals surface area (Å²) in [7, 11) is 0. The van der Waals surface area contributed by atoms with E-state index in [1.54, 1.807) is 0 Å². The fourth-order valence-corrected chi connectivity index (χ4v) is 2.19. The number of halogens is 5. The van der Waals surface area contributed by atoms with Gasteiger partial charge in [-0.05, 0) is 32.9 Å². The second-order valence-electron chi connectivity index (χ2n) is 6.16. The molecular weight excluding hydrogens is 395 g/mol. The summed E-state index contributed by atoms with van der Waals surface area (Å²) in [5.41, 5.74) is -6.46. The first kappa shape index (κ1) is 22.9. The van der Waals surface area contributed by atoms with Gasteiger partial charge in [0.15, 0.2) is 0 Å². The molecule has 0 heterocycles. The maximum Gasteiger partial charge on any atom is 0.441 e. The third kappa shape index (κ3) is 9.36. The Morgan fingerprint density at radius 2 is 1.81 bits per heavy atom. The number of benzene rings is 1. The Balaban J connectivity index is 2.97. The van der Waals surface area contributed by atoms with Gasteiger partial charge in [-0.3, -0.25) is 4.79 Å². The van der Waals surface area contributed by atoms with Crippen LogP contribution in [0.1, 0.15) is 27.2 Å². The van der Waals surface area contributed by atoms with Crippen LogP contribution < -0.4 is 5.32 Å². The number of nitrogens with one attached hydrogen (secondary N) is 1. The lowest BCUT2D eigenvalue weighted by Gasteiger charge is -2.18. The summed E-state index contributed by atoms with van der Waals surface area (Å²) in [4.78, 5) is 27.4. The monoisotopic (exact) mass is 412 g/mol. The molecule has 1 rings (SSSR count). The van der Waals surface area contributed by atoms with E-state index in [0.29, 0.717) is 6.07 Å². The maximum absolute atomic E-state index is 13.6.